The van der Waals surface area contributed by atoms with Crippen LogP contribution in [0.15, 0.2) is 37.2 Å². The van der Waals surface area contributed by atoms with Gasteiger partial charge in [-0.2, -0.15) is 5.10 Å². The number of aromatic nitrogens is 3. The lowest BCUT2D eigenvalue weighted by Gasteiger charge is -2.07. The highest BCUT2D eigenvalue weighted by Gasteiger charge is 2.12. The Labute approximate surface area is 99.5 Å². The second-order valence-electron chi connectivity index (χ2n) is 3.51. The van der Waals surface area contributed by atoms with Gasteiger partial charge in [0, 0.05) is 0 Å². The fraction of sp³-hybridized carbons (Fsp3) is 0.167. The summed E-state index contributed by atoms with van der Waals surface area (Å²) in [5, 5.41) is 4.32. The number of nitrogens with two attached hydrogens (primary N) is 1. The molecule has 5 heteroatoms. The Balaban J connectivity index is 2.44. The van der Waals surface area contributed by atoms with Gasteiger partial charge in [0.25, 0.3) is 0 Å². The van der Waals surface area contributed by atoms with Crippen molar-refractivity contribution in [1.82, 2.24) is 14.8 Å². The Kier molecular flexibility index (Phi) is 3.09. The number of hydrogen-bond acceptors (Lipinski definition) is 4. The number of benzene rings is 1. The van der Waals surface area contributed by atoms with Gasteiger partial charge >= 0.3 is 0 Å². The molecule has 0 aliphatic heterocycles. The third kappa shape index (κ3) is 2.13. The smallest absolute Gasteiger partial charge is 0.184 e. The molecule has 0 atom stereocenters. The molecule has 0 spiro atoms. The van der Waals surface area contributed by atoms with E-state index in [-0.39, 0.29) is 0 Å². The highest BCUT2D eigenvalue weighted by atomic mass is 16.5. The molecule has 2 N–H and O–H groups in total. The highest BCUT2D eigenvalue weighted by Crippen LogP contribution is 2.32. The Morgan fingerprint density at radius 2 is 2.35 bits per heavy atom. The third-order valence-electron chi connectivity index (χ3n) is 2.34. The summed E-state index contributed by atoms with van der Waals surface area (Å²) in [6, 6.07) is 5.51. The van der Waals surface area contributed by atoms with Crippen molar-refractivity contribution in [3.63, 3.8) is 0 Å². The molecule has 0 aliphatic rings. The van der Waals surface area contributed by atoms with E-state index >= 15 is 0 Å². The summed E-state index contributed by atoms with van der Waals surface area (Å²) in [4.78, 5) is 4.22. The zero-order chi connectivity index (χ0) is 12.3. The first-order valence-electron chi connectivity index (χ1n) is 5.19. The molecule has 1 aromatic heterocycles. The van der Waals surface area contributed by atoms with Crippen LogP contribution in [0.3, 0.4) is 0 Å². The summed E-state index contributed by atoms with van der Waals surface area (Å²) in [5.74, 6) is 1.19. The lowest BCUT2D eigenvalue weighted by atomic mass is 10.1. The van der Waals surface area contributed by atoms with Gasteiger partial charge in [-0.3, -0.25) is 0 Å². The van der Waals surface area contributed by atoms with E-state index in [0.717, 1.165) is 5.56 Å². The Morgan fingerprint density at radius 1 is 1.53 bits per heavy atom. The van der Waals surface area contributed by atoms with Crippen molar-refractivity contribution in [3.8, 4) is 17.1 Å². The van der Waals surface area contributed by atoms with Crippen LogP contribution in [0.5, 0.6) is 5.75 Å². The lowest BCUT2D eigenvalue weighted by Crippen LogP contribution is -1.97. The van der Waals surface area contributed by atoms with Crippen molar-refractivity contribution in [3.05, 3.63) is 37.2 Å². The lowest BCUT2D eigenvalue weighted by molar-refractivity contribution is 0.418. The topological polar surface area (TPSA) is 66.0 Å². The number of rotatable bonds is 4. The van der Waals surface area contributed by atoms with Gasteiger partial charge in [-0.25, -0.2) is 9.67 Å². The first kappa shape index (κ1) is 11.2. The van der Waals surface area contributed by atoms with Crippen molar-refractivity contribution in [1.29, 1.82) is 0 Å². The van der Waals surface area contributed by atoms with Crippen molar-refractivity contribution >= 4 is 5.69 Å². The average molecular weight is 230 g/mol. The summed E-state index contributed by atoms with van der Waals surface area (Å²) in [5.41, 5.74) is 7.19. The molecule has 0 aliphatic carbocycles. The molecule has 0 amide bonds. The van der Waals surface area contributed by atoms with E-state index in [9.17, 15) is 0 Å². The van der Waals surface area contributed by atoms with Crippen molar-refractivity contribution < 1.29 is 4.74 Å². The monoisotopic (exact) mass is 230 g/mol. The molecule has 17 heavy (non-hydrogen) atoms. The second kappa shape index (κ2) is 4.69. The predicted molar refractivity (Wildman–Crippen MR) is 66.6 cm³/mol. The maximum atomic E-state index is 5.83. The van der Waals surface area contributed by atoms with Crippen LogP contribution in [0.25, 0.3) is 11.4 Å². The minimum atomic E-state index is 0.574. The van der Waals surface area contributed by atoms with E-state index in [4.69, 9.17) is 10.5 Å². The van der Waals surface area contributed by atoms with Gasteiger partial charge in [-0.15, -0.1) is 6.58 Å². The average Bonchev–Trinajstić information content (AvgIpc) is 2.78. The number of hydrogen-bond donors (Lipinski definition) is 1. The molecule has 0 radical (unpaired) electrons. The van der Waals surface area contributed by atoms with Crippen LogP contribution in [-0.2, 0) is 6.54 Å². The summed E-state index contributed by atoms with van der Waals surface area (Å²) in [6.45, 7) is 4.28. The van der Waals surface area contributed by atoms with Crippen molar-refractivity contribution in [2.24, 2.45) is 0 Å². The van der Waals surface area contributed by atoms with Gasteiger partial charge < -0.3 is 10.5 Å². The zero-order valence-corrected chi connectivity index (χ0v) is 9.63. The minimum Gasteiger partial charge on any atom is -0.494 e. The Hall–Kier alpha value is -2.30. The molecule has 5 nitrogen and oxygen atoms in total. The van der Waals surface area contributed by atoms with Gasteiger partial charge in [-0.05, 0) is 12.1 Å². The molecule has 0 saturated carbocycles. The summed E-state index contributed by atoms with van der Waals surface area (Å²) in [6.07, 6.45) is 3.41. The molecule has 2 rings (SSSR count). The fourth-order valence-corrected chi connectivity index (χ4v) is 1.60. The largest absolute Gasteiger partial charge is 0.494 e. The van der Waals surface area contributed by atoms with E-state index < -0.39 is 0 Å². The van der Waals surface area contributed by atoms with Crippen molar-refractivity contribution in [2.75, 3.05) is 12.8 Å². The summed E-state index contributed by atoms with van der Waals surface area (Å²) >= 11 is 0. The number of para-hydroxylation sites is 1. The first-order chi connectivity index (χ1) is 8.26. The number of nitrogen functional groups attached to an aromatic ring is 1. The maximum Gasteiger partial charge on any atom is 0.184 e. The minimum absolute atomic E-state index is 0.574. The second-order valence-corrected chi connectivity index (χ2v) is 3.51. The van der Waals surface area contributed by atoms with Crippen LogP contribution in [0.1, 0.15) is 0 Å². The predicted octanol–water partition coefficient (Wildman–Crippen LogP) is 1.72. The Bertz CT molecular complexity index is 533. The molecule has 0 saturated heterocycles. The SMILES string of the molecule is C=CCn1cnc(-c2cccc(N)c2OC)n1. The molecular weight excluding hydrogens is 216 g/mol. The molecule has 88 valence electrons. The molecule has 2 aromatic rings. The molecule has 1 aromatic carbocycles. The van der Waals surface area contributed by atoms with Crippen LogP contribution in [0.4, 0.5) is 5.69 Å². The molecule has 1 heterocycles. The van der Waals surface area contributed by atoms with Gasteiger partial charge in [0.1, 0.15) is 6.33 Å². The molecule has 0 unspecified atom stereocenters. The van der Waals surface area contributed by atoms with Crippen LogP contribution in [0, 0.1) is 0 Å². The van der Waals surface area contributed by atoms with Crippen LogP contribution < -0.4 is 10.5 Å². The maximum absolute atomic E-state index is 5.83. The number of methoxy groups -OCH3 is 1. The van der Waals surface area contributed by atoms with E-state index in [2.05, 4.69) is 16.7 Å². The number of allylic oxidation sites excluding steroid dienone is 1. The van der Waals surface area contributed by atoms with Crippen LogP contribution in [-0.4, -0.2) is 21.9 Å². The summed E-state index contributed by atoms with van der Waals surface area (Å²) in [7, 11) is 1.58. The van der Waals surface area contributed by atoms with E-state index in [1.165, 1.54) is 0 Å². The van der Waals surface area contributed by atoms with Crippen LogP contribution in [0.2, 0.25) is 0 Å². The first-order valence-corrected chi connectivity index (χ1v) is 5.19. The normalized spacial score (nSPS) is 10.2. The van der Waals surface area contributed by atoms with E-state index in [1.807, 2.05) is 12.1 Å². The van der Waals surface area contributed by atoms with E-state index in [1.54, 1.807) is 30.3 Å². The van der Waals surface area contributed by atoms with Crippen LogP contribution >= 0.6 is 0 Å². The van der Waals surface area contributed by atoms with Crippen molar-refractivity contribution in [2.45, 2.75) is 6.54 Å². The van der Waals surface area contributed by atoms with E-state index in [0.29, 0.717) is 23.8 Å². The van der Waals surface area contributed by atoms with Gasteiger partial charge in [0.05, 0.1) is 24.9 Å². The molecule has 0 fully saturated rings. The molecular formula is C12H14N4O. The Morgan fingerprint density at radius 3 is 3.06 bits per heavy atom. The van der Waals surface area contributed by atoms with Gasteiger partial charge in [0.15, 0.2) is 11.6 Å². The number of nitrogens with zero attached hydrogens (tertiary/aromatic N) is 3. The third-order valence-corrected chi connectivity index (χ3v) is 2.34. The number of ether oxygens (including phenoxy) is 1. The summed E-state index contributed by atoms with van der Waals surface area (Å²) < 4.78 is 6.96. The zero-order valence-electron chi connectivity index (χ0n) is 9.63. The van der Waals surface area contributed by atoms with Gasteiger partial charge in [-0.1, -0.05) is 12.1 Å². The standard InChI is InChI=1S/C12H14N4O/c1-3-7-16-8-14-12(15-16)9-5-4-6-10(13)11(9)17-2/h3-6,8H,1,7,13H2,2H3. The molecule has 0 bridgehead atoms. The highest BCUT2D eigenvalue weighted by molar-refractivity contribution is 5.72. The fourth-order valence-electron chi connectivity index (χ4n) is 1.60. The quantitative estimate of drug-likeness (QED) is 0.641. The van der Waals surface area contributed by atoms with Gasteiger partial charge in [0.2, 0.25) is 0 Å². The number of anilines is 1.